The van der Waals surface area contributed by atoms with E-state index in [1.165, 1.54) is 6.33 Å². The number of amides is 1. The van der Waals surface area contributed by atoms with Crippen LogP contribution >= 0.6 is 0 Å². The van der Waals surface area contributed by atoms with E-state index >= 15 is 0 Å². The Bertz CT molecular complexity index is 859. The van der Waals surface area contributed by atoms with Crippen LogP contribution in [0.1, 0.15) is 24.5 Å². The summed E-state index contributed by atoms with van der Waals surface area (Å²) in [7, 11) is 3.75. The fraction of sp³-hybridized carbons (Fsp3) is 0.474. The molecule has 7 heteroatoms. The summed E-state index contributed by atoms with van der Waals surface area (Å²) < 4.78 is 0. The first-order chi connectivity index (χ1) is 12.4. The van der Waals surface area contributed by atoms with Crippen molar-refractivity contribution in [1.29, 1.82) is 5.26 Å². The third-order valence-electron chi connectivity index (χ3n) is 4.77. The van der Waals surface area contributed by atoms with Gasteiger partial charge in [-0.3, -0.25) is 4.79 Å². The van der Waals surface area contributed by atoms with Crippen molar-refractivity contribution < 1.29 is 4.79 Å². The molecule has 1 aromatic carbocycles. The Labute approximate surface area is 153 Å². The smallest absolute Gasteiger partial charge is 0.234 e. The van der Waals surface area contributed by atoms with Gasteiger partial charge in [0.05, 0.1) is 23.2 Å². The quantitative estimate of drug-likeness (QED) is 0.853. The average molecular weight is 352 g/mol. The van der Waals surface area contributed by atoms with Crippen LogP contribution in [0.5, 0.6) is 0 Å². The zero-order valence-corrected chi connectivity index (χ0v) is 15.4. The van der Waals surface area contributed by atoms with Gasteiger partial charge in [-0.1, -0.05) is 13.0 Å². The summed E-state index contributed by atoms with van der Waals surface area (Å²) in [5.41, 5.74) is 1.54. The highest BCUT2D eigenvalue weighted by molar-refractivity contribution is 5.88. The molecule has 3 rings (SSSR count). The van der Waals surface area contributed by atoms with E-state index in [4.69, 9.17) is 0 Å². The summed E-state index contributed by atoms with van der Waals surface area (Å²) in [6, 6.07) is 5.90. The molecule has 2 heterocycles. The van der Waals surface area contributed by atoms with Crippen LogP contribution in [0.25, 0.3) is 10.9 Å². The predicted molar refractivity (Wildman–Crippen MR) is 99.3 cm³/mol. The number of fused-ring (bicyclic) bond motifs is 1. The van der Waals surface area contributed by atoms with E-state index in [-0.39, 0.29) is 5.91 Å². The largest absolute Gasteiger partial charge is 0.344 e. The lowest BCUT2D eigenvalue weighted by molar-refractivity contribution is -0.124. The van der Waals surface area contributed by atoms with Gasteiger partial charge >= 0.3 is 0 Å². The first kappa shape index (κ1) is 18.2. The van der Waals surface area contributed by atoms with Crippen LogP contribution < -0.4 is 10.6 Å². The van der Waals surface area contributed by atoms with Crippen molar-refractivity contribution in [2.45, 2.75) is 18.9 Å². The van der Waals surface area contributed by atoms with Crippen LogP contribution in [0.15, 0.2) is 24.7 Å². The molecule has 1 fully saturated rings. The Morgan fingerprint density at radius 2 is 2.31 bits per heavy atom. The van der Waals surface area contributed by atoms with Gasteiger partial charge < -0.3 is 15.5 Å². The van der Waals surface area contributed by atoms with Gasteiger partial charge in [-0.25, -0.2) is 9.97 Å². The second-order valence-corrected chi connectivity index (χ2v) is 7.37. The number of carbonyl (C=O) groups is 1. The van der Waals surface area contributed by atoms with Crippen molar-refractivity contribution in [3.63, 3.8) is 0 Å². The van der Waals surface area contributed by atoms with Crippen LogP contribution in [0.4, 0.5) is 0 Å². The second kappa shape index (κ2) is 7.36. The number of hydrogen-bond donors (Lipinski definition) is 2. The number of aromatic nitrogens is 2. The topological polar surface area (TPSA) is 93.9 Å². The highest BCUT2D eigenvalue weighted by atomic mass is 16.2. The molecular formula is C19H24N6O. The van der Waals surface area contributed by atoms with Crippen molar-refractivity contribution in [2.24, 2.45) is 5.92 Å². The van der Waals surface area contributed by atoms with Gasteiger partial charge in [0.15, 0.2) is 0 Å². The van der Waals surface area contributed by atoms with E-state index in [1.807, 2.05) is 25.1 Å². The maximum Gasteiger partial charge on any atom is 0.234 e. The van der Waals surface area contributed by atoms with Crippen molar-refractivity contribution in [2.75, 3.05) is 33.7 Å². The van der Waals surface area contributed by atoms with Crippen molar-refractivity contribution in [3.8, 4) is 6.07 Å². The Balaban J connectivity index is 2.12. The molecule has 0 radical (unpaired) electrons. The molecule has 0 aliphatic carbocycles. The van der Waals surface area contributed by atoms with E-state index in [0.717, 1.165) is 23.9 Å². The first-order valence-electron chi connectivity index (χ1n) is 8.75. The number of likely N-dealkylation sites (N-methyl/N-ethyl adjacent to an activating group) is 1. The van der Waals surface area contributed by atoms with Crippen molar-refractivity contribution in [1.82, 2.24) is 25.5 Å². The van der Waals surface area contributed by atoms with Crippen LogP contribution in [-0.4, -0.2) is 54.5 Å². The monoisotopic (exact) mass is 352 g/mol. The number of nitrogens with one attached hydrogen (secondary N) is 2. The fourth-order valence-electron chi connectivity index (χ4n) is 3.82. The molecule has 1 aromatic heterocycles. The Morgan fingerprint density at radius 1 is 1.50 bits per heavy atom. The number of nitriles is 1. The third kappa shape index (κ3) is 3.52. The summed E-state index contributed by atoms with van der Waals surface area (Å²) in [4.78, 5) is 22.9. The molecule has 2 atom stereocenters. The Morgan fingerprint density at radius 3 is 3.00 bits per heavy atom. The molecule has 0 bridgehead atoms. The van der Waals surface area contributed by atoms with Gasteiger partial charge in [0.25, 0.3) is 0 Å². The predicted octanol–water partition coefficient (Wildman–Crippen LogP) is 1.00. The van der Waals surface area contributed by atoms with Crippen LogP contribution in [0, 0.1) is 17.2 Å². The standard InChI is InChI=1S/C19H24N6O/c1-13-6-19(11-21-8-13,24-17(26)10-25(2)3)16-5-4-14(7-20)18-15(16)9-22-12-23-18/h4-5,9,12-13,21H,6,8,10-11H2,1-3H3,(H,24,26)/t13-,19-/m0/s1. The summed E-state index contributed by atoms with van der Waals surface area (Å²) in [6.45, 7) is 4.03. The number of hydrogen-bond acceptors (Lipinski definition) is 6. The highest BCUT2D eigenvalue weighted by Gasteiger charge is 2.39. The average Bonchev–Trinajstić information content (AvgIpc) is 2.59. The summed E-state index contributed by atoms with van der Waals surface area (Å²) >= 11 is 0. The SMILES string of the molecule is C[C@@H]1CNC[C@](NC(=O)CN(C)C)(c2ccc(C#N)c3ncncc23)C1. The minimum absolute atomic E-state index is 0.0275. The van der Waals surface area contributed by atoms with E-state index in [9.17, 15) is 10.1 Å². The molecule has 7 nitrogen and oxygen atoms in total. The lowest BCUT2D eigenvalue weighted by Crippen LogP contribution is -2.58. The van der Waals surface area contributed by atoms with E-state index in [1.54, 1.807) is 12.3 Å². The molecule has 1 amide bonds. The number of nitrogens with zero attached hydrogens (tertiary/aromatic N) is 4. The lowest BCUT2D eigenvalue weighted by atomic mass is 9.77. The van der Waals surface area contributed by atoms with Gasteiger partial charge in [0.1, 0.15) is 12.4 Å². The lowest BCUT2D eigenvalue weighted by Gasteiger charge is -2.42. The highest BCUT2D eigenvalue weighted by Crippen LogP contribution is 2.35. The van der Waals surface area contributed by atoms with E-state index < -0.39 is 5.54 Å². The van der Waals surface area contributed by atoms with Gasteiger partial charge in [-0.15, -0.1) is 0 Å². The third-order valence-corrected chi connectivity index (χ3v) is 4.77. The maximum absolute atomic E-state index is 12.6. The van der Waals surface area contributed by atoms with Crippen LogP contribution in [0.3, 0.4) is 0 Å². The first-order valence-corrected chi connectivity index (χ1v) is 8.75. The number of carbonyl (C=O) groups excluding carboxylic acids is 1. The van der Waals surface area contributed by atoms with Crippen molar-refractivity contribution >= 4 is 16.8 Å². The number of benzene rings is 1. The minimum Gasteiger partial charge on any atom is -0.344 e. The van der Waals surface area contributed by atoms with Gasteiger partial charge in [-0.05, 0) is 44.6 Å². The molecule has 1 aliphatic heterocycles. The Kier molecular flexibility index (Phi) is 5.16. The summed E-state index contributed by atoms with van der Waals surface area (Å²) in [5, 5.41) is 16.9. The molecule has 0 saturated carbocycles. The van der Waals surface area contributed by atoms with Gasteiger partial charge in [0.2, 0.25) is 5.91 Å². The van der Waals surface area contributed by atoms with E-state index in [2.05, 4.69) is 33.6 Å². The number of piperidine rings is 1. The molecule has 1 saturated heterocycles. The van der Waals surface area contributed by atoms with Crippen LogP contribution in [-0.2, 0) is 10.3 Å². The molecular weight excluding hydrogens is 328 g/mol. The van der Waals surface area contributed by atoms with Crippen LogP contribution in [0.2, 0.25) is 0 Å². The molecule has 136 valence electrons. The second-order valence-electron chi connectivity index (χ2n) is 7.37. The normalized spacial score (nSPS) is 23.0. The molecule has 1 aliphatic rings. The molecule has 0 spiro atoms. The zero-order valence-electron chi connectivity index (χ0n) is 15.4. The van der Waals surface area contributed by atoms with Gasteiger partial charge in [0, 0.05) is 18.1 Å². The molecule has 26 heavy (non-hydrogen) atoms. The molecule has 2 N–H and O–H groups in total. The van der Waals surface area contributed by atoms with Gasteiger partial charge in [-0.2, -0.15) is 5.26 Å². The molecule has 0 unspecified atom stereocenters. The zero-order chi connectivity index (χ0) is 18.7. The fourth-order valence-corrected chi connectivity index (χ4v) is 3.82. The summed E-state index contributed by atoms with van der Waals surface area (Å²) in [5.74, 6) is 0.374. The minimum atomic E-state index is -0.554. The Hall–Kier alpha value is -2.56. The maximum atomic E-state index is 12.6. The van der Waals surface area contributed by atoms with Crippen molar-refractivity contribution in [3.05, 3.63) is 35.8 Å². The van der Waals surface area contributed by atoms with E-state index in [0.29, 0.717) is 30.1 Å². The molecule has 2 aromatic rings. The number of rotatable bonds is 4. The summed E-state index contributed by atoms with van der Waals surface area (Å²) in [6.07, 6.45) is 4.00.